The number of thioether (sulfide) groups is 1. The molecule has 0 aliphatic carbocycles. The van der Waals surface area contributed by atoms with E-state index in [2.05, 4.69) is 20.5 Å². The second kappa shape index (κ2) is 8.88. The molecule has 2 aromatic rings. The van der Waals surface area contributed by atoms with Crippen molar-refractivity contribution in [3.8, 4) is 0 Å². The quantitative estimate of drug-likeness (QED) is 0.555. The Labute approximate surface area is 140 Å². The molecule has 1 fully saturated rings. The average molecular weight is 334 g/mol. The van der Waals surface area contributed by atoms with Gasteiger partial charge in [0.05, 0.1) is 11.9 Å². The Hall–Kier alpha value is -1.60. The number of rotatable bonds is 9. The summed E-state index contributed by atoms with van der Waals surface area (Å²) in [4.78, 5) is 5.14. The van der Waals surface area contributed by atoms with Crippen molar-refractivity contribution in [2.24, 2.45) is 0 Å². The van der Waals surface area contributed by atoms with Crippen LogP contribution in [0.25, 0.3) is 0 Å². The predicted molar refractivity (Wildman–Crippen MR) is 89.4 cm³/mol. The van der Waals surface area contributed by atoms with Crippen LogP contribution in [0.2, 0.25) is 0 Å². The molecule has 0 saturated carbocycles. The predicted octanol–water partition coefficient (Wildman–Crippen LogP) is 3.52. The second-order valence-electron chi connectivity index (χ2n) is 5.53. The highest BCUT2D eigenvalue weighted by molar-refractivity contribution is 7.98. The molecule has 1 aliphatic rings. The summed E-state index contributed by atoms with van der Waals surface area (Å²) in [6.45, 7) is 1.79. The van der Waals surface area contributed by atoms with E-state index in [1.54, 1.807) is 24.2 Å². The number of ether oxygens (including phenoxy) is 1. The van der Waals surface area contributed by atoms with Crippen LogP contribution in [-0.4, -0.2) is 34.4 Å². The highest BCUT2D eigenvalue weighted by atomic mass is 32.2. The summed E-state index contributed by atoms with van der Waals surface area (Å²) in [5.74, 6) is 1.30. The Morgan fingerprint density at radius 2 is 2.13 bits per heavy atom. The van der Waals surface area contributed by atoms with Gasteiger partial charge in [-0.25, -0.2) is 0 Å². The summed E-state index contributed by atoms with van der Waals surface area (Å²) >= 11 is 1.65. The molecule has 6 nitrogen and oxygen atoms in total. The van der Waals surface area contributed by atoms with Crippen molar-refractivity contribution in [2.45, 2.75) is 48.9 Å². The maximum absolute atomic E-state index is 5.62. The van der Waals surface area contributed by atoms with E-state index >= 15 is 0 Å². The van der Waals surface area contributed by atoms with Crippen LogP contribution in [0.1, 0.15) is 38.0 Å². The third kappa shape index (κ3) is 5.51. The van der Waals surface area contributed by atoms with Crippen LogP contribution in [0, 0.1) is 0 Å². The van der Waals surface area contributed by atoms with E-state index in [0.717, 1.165) is 37.3 Å². The molecule has 3 heterocycles. The Bertz CT molecular complexity index is 572. The Kier molecular flexibility index (Phi) is 6.28. The standard InChI is InChI=1S/C16H22N4O2S/c1(4-13-5-3-11-21-13)2-8-18-16-20-19-15(22-16)12-23-14-6-9-17-10-7-14/h6-7,9-10,13H,1-5,8,11-12H2,(H,18,20). The number of nitrogens with one attached hydrogen (secondary N) is 1. The zero-order valence-electron chi connectivity index (χ0n) is 13.1. The number of anilines is 1. The van der Waals surface area contributed by atoms with Crippen molar-refractivity contribution in [3.63, 3.8) is 0 Å². The maximum atomic E-state index is 5.62. The topological polar surface area (TPSA) is 73.1 Å². The lowest BCUT2D eigenvalue weighted by atomic mass is 10.1. The van der Waals surface area contributed by atoms with E-state index in [9.17, 15) is 0 Å². The van der Waals surface area contributed by atoms with Gasteiger partial charge in [0, 0.05) is 30.4 Å². The molecule has 1 N–H and O–H groups in total. The fourth-order valence-electron chi connectivity index (χ4n) is 2.53. The number of pyridine rings is 1. The van der Waals surface area contributed by atoms with Crippen molar-refractivity contribution < 1.29 is 9.15 Å². The lowest BCUT2D eigenvalue weighted by Gasteiger charge is -2.08. The van der Waals surface area contributed by atoms with Crippen molar-refractivity contribution in [1.82, 2.24) is 15.2 Å². The maximum Gasteiger partial charge on any atom is 0.315 e. The summed E-state index contributed by atoms with van der Waals surface area (Å²) in [6.07, 6.45) is 9.87. The summed E-state index contributed by atoms with van der Waals surface area (Å²) in [7, 11) is 0. The molecule has 23 heavy (non-hydrogen) atoms. The highest BCUT2D eigenvalue weighted by Crippen LogP contribution is 2.22. The summed E-state index contributed by atoms with van der Waals surface area (Å²) in [5, 5.41) is 11.3. The lowest BCUT2D eigenvalue weighted by molar-refractivity contribution is 0.102. The Morgan fingerprint density at radius 3 is 2.96 bits per heavy atom. The summed E-state index contributed by atoms with van der Waals surface area (Å²) in [6, 6.07) is 4.44. The summed E-state index contributed by atoms with van der Waals surface area (Å²) in [5.41, 5.74) is 0. The van der Waals surface area contributed by atoms with Crippen LogP contribution in [0.3, 0.4) is 0 Å². The molecule has 0 aromatic carbocycles. The number of unbranched alkanes of at least 4 members (excludes halogenated alkanes) is 1. The van der Waals surface area contributed by atoms with Crippen LogP contribution in [0.15, 0.2) is 33.8 Å². The molecular formula is C16H22N4O2S. The van der Waals surface area contributed by atoms with Crippen LogP contribution in [0.5, 0.6) is 0 Å². The third-order valence-corrected chi connectivity index (χ3v) is 4.73. The second-order valence-corrected chi connectivity index (χ2v) is 6.58. The molecule has 124 valence electrons. The molecule has 7 heteroatoms. The van der Waals surface area contributed by atoms with Gasteiger partial charge in [0.2, 0.25) is 5.89 Å². The number of hydrogen-bond donors (Lipinski definition) is 1. The van der Waals surface area contributed by atoms with Gasteiger partial charge >= 0.3 is 6.01 Å². The number of nitrogens with zero attached hydrogens (tertiary/aromatic N) is 3. The zero-order chi connectivity index (χ0) is 15.7. The minimum atomic E-state index is 0.482. The monoisotopic (exact) mass is 334 g/mol. The van der Waals surface area contributed by atoms with Crippen molar-refractivity contribution in [1.29, 1.82) is 0 Å². The molecule has 1 saturated heterocycles. The molecule has 0 amide bonds. The van der Waals surface area contributed by atoms with Gasteiger partial charge in [-0.1, -0.05) is 5.10 Å². The van der Waals surface area contributed by atoms with E-state index < -0.39 is 0 Å². The first-order valence-electron chi connectivity index (χ1n) is 8.11. The molecule has 1 atom stereocenters. The van der Waals surface area contributed by atoms with Crippen LogP contribution < -0.4 is 5.32 Å². The van der Waals surface area contributed by atoms with Crippen LogP contribution >= 0.6 is 11.8 Å². The largest absolute Gasteiger partial charge is 0.407 e. The minimum Gasteiger partial charge on any atom is -0.407 e. The van der Waals surface area contributed by atoms with Gasteiger partial charge in [-0.2, -0.15) is 0 Å². The smallest absolute Gasteiger partial charge is 0.315 e. The normalized spacial score (nSPS) is 17.5. The Morgan fingerprint density at radius 1 is 1.22 bits per heavy atom. The highest BCUT2D eigenvalue weighted by Gasteiger charge is 2.14. The molecule has 1 aliphatic heterocycles. The Balaban J connectivity index is 1.31. The molecule has 1 unspecified atom stereocenters. The molecule has 0 radical (unpaired) electrons. The molecule has 3 rings (SSSR count). The zero-order valence-corrected chi connectivity index (χ0v) is 13.9. The van der Waals surface area contributed by atoms with Gasteiger partial charge < -0.3 is 14.5 Å². The van der Waals surface area contributed by atoms with Gasteiger partial charge in [0.1, 0.15) is 0 Å². The third-order valence-electron chi connectivity index (χ3n) is 3.73. The van der Waals surface area contributed by atoms with Gasteiger partial charge in [-0.15, -0.1) is 16.9 Å². The van der Waals surface area contributed by atoms with E-state index in [-0.39, 0.29) is 0 Å². The van der Waals surface area contributed by atoms with Gasteiger partial charge in [0.25, 0.3) is 0 Å². The van der Waals surface area contributed by atoms with E-state index in [4.69, 9.17) is 9.15 Å². The average Bonchev–Trinajstić information content (AvgIpc) is 3.25. The SMILES string of the molecule is c1cc(SCc2nnc(NCCCCC3CCCO3)o2)ccn1. The molecular weight excluding hydrogens is 312 g/mol. The van der Waals surface area contributed by atoms with Gasteiger partial charge in [0.15, 0.2) is 0 Å². The minimum absolute atomic E-state index is 0.482. The van der Waals surface area contributed by atoms with E-state index in [0.29, 0.717) is 23.8 Å². The first-order valence-corrected chi connectivity index (χ1v) is 9.09. The summed E-state index contributed by atoms with van der Waals surface area (Å²) < 4.78 is 11.2. The first-order chi connectivity index (χ1) is 11.4. The van der Waals surface area contributed by atoms with Crippen molar-refractivity contribution >= 4 is 17.8 Å². The van der Waals surface area contributed by atoms with Crippen LogP contribution in [-0.2, 0) is 10.5 Å². The molecule has 0 bridgehead atoms. The first kappa shape index (κ1) is 16.3. The number of hydrogen-bond acceptors (Lipinski definition) is 7. The van der Waals surface area contributed by atoms with Crippen molar-refractivity contribution in [2.75, 3.05) is 18.5 Å². The fourth-order valence-corrected chi connectivity index (χ4v) is 3.25. The lowest BCUT2D eigenvalue weighted by Crippen LogP contribution is -2.07. The van der Waals surface area contributed by atoms with E-state index in [1.165, 1.54) is 12.8 Å². The van der Waals surface area contributed by atoms with Gasteiger partial charge in [-0.3, -0.25) is 4.98 Å². The van der Waals surface area contributed by atoms with Gasteiger partial charge in [-0.05, 0) is 44.2 Å². The molecule has 2 aromatic heterocycles. The molecule has 0 spiro atoms. The van der Waals surface area contributed by atoms with Crippen molar-refractivity contribution in [3.05, 3.63) is 30.4 Å². The number of aromatic nitrogens is 3. The van der Waals surface area contributed by atoms with E-state index in [1.807, 2.05) is 12.1 Å². The fraction of sp³-hybridized carbons (Fsp3) is 0.562. The van der Waals surface area contributed by atoms with Crippen LogP contribution in [0.4, 0.5) is 6.01 Å².